The number of aliphatic hydroxyl groups is 1. The molecular formula is C11H12N2O3S2. The number of nitrogens with one attached hydrogen (secondary N) is 1. The Bertz CT molecular complexity index is 633. The van der Waals surface area contributed by atoms with Gasteiger partial charge in [0.25, 0.3) is 10.0 Å². The molecule has 0 amide bonds. The molecule has 0 aromatic carbocycles. The zero-order valence-electron chi connectivity index (χ0n) is 9.62. The van der Waals surface area contributed by atoms with Crippen molar-refractivity contribution in [2.75, 3.05) is 4.72 Å². The van der Waals surface area contributed by atoms with Crippen molar-refractivity contribution in [1.82, 2.24) is 4.98 Å². The van der Waals surface area contributed by atoms with Crippen LogP contribution < -0.4 is 4.72 Å². The smallest absolute Gasteiger partial charge is 0.271 e. The van der Waals surface area contributed by atoms with E-state index >= 15 is 0 Å². The van der Waals surface area contributed by atoms with Crippen molar-refractivity contribution in [2.24, 2.45) is 0 Å². The highest BCUT2D eigenvalue weighted by molar-refractivity contribution is 7.94. The van der Waals surface area contributed by atoms with Crippen LogP contribution in [0.5, 0.6) is 0 Å². The van der Waals surface area contributed by atoms with Gasteiger partial charge in [-0.3, -0.25) is 9.71 Å². The molecule has 0 spiro atoms. The second-order valence-electron chi connectivity index (χ2n) is 3.67. The van der Waals surface area contributed by atoms with Gasteiger partial charge in [0.1, 0.15) is 4.21 Å². The lowest BCUT2D eigenvalue weighted by Crippen LogP contribution is -2.11. The quantitative estimate of drug-likeness (QED) is 0.896. The van der Waals surface area contributed by atoms with E-state index in [1.165, 1.54) is 12.3 Å². The number of aromatic nitrogens is 1. The molecule has 0 atom stereocenters. The predicted molar refractivity (Wildman–Crippen MR) is 70.0 cm³/mol. The van der Waals surface area contributed by atoms with Crippen LogP contribution in [0, 0.1) is 6.92 Å². The summed E-state index contributed by atoms with van der Waals surface area (Å²) in [6.45, 7) is 1.66. The molecule has 2 N–H and O–H groups in total. The number of sulfonamides is 1. The molecule has 0 aliphatic carbocycles. The van der Waals surface area contributed by atoms with Crippen LogP contribution in [0.3, 0.4) is 0 Å². The summed E-state index contributed by atoms with van der Waals surface area (Å²) >= 11 is 1.04. The highest BCUT2D eigenvalue weighted by Gasteiger charge is 2.16. The van der Waals surface area contributed by atoms with E-state index in [9.17, 15) is 8.42 Å². The van der Waals surface area contributed by atoms with Crippen LogP contribution in [0.1, 0.15) is 10.6 Å². The van der Waals surface area contributed by atoms with Crippen molar-refractivity contribution < 1.29 is 13.5 Å². The first-order valence-electron chi connectivity index (χ1n) is 5.16. The Morgan fingerprint density at radius 3 is 2.67 bits per heavy atom. The first-order valence-corrected chi connectivity index (χ1v) is 7.46. The van der Waals surface area contributed by atoms with Gasteiger partial charge < -0.3 is 5.11 Å². The number of nitrogens with zero attached hydrogens (tertiary/aromatic N) is 1. The van der Waals surface area contributed by atoms with Gasteiger partial charge in [0, 0.05) is 10.6 Å². The van der Waals surface area contributed by atoms with E-state index in [4.69, 9.17) is 5.11 Å². The molecule has 0 saturated carbocycles. The monoisotopic (exact) mass is 284 g/mol. The van der Waals surface area contributed by atoms with Crippen molar-refractivity contribution in [3.63, 3.8) is 0 Å². The van der Waals surface area contributed by atoms with E-state index in [1.54, 1.807) is 18.2 Å². The summed E-state index contributed by atoms with van der Waals surface area (Å²) in [5, 5.41) is 8.92. The second-order valence-corrected chi connectivity index (χ2v) is 6.75. The van der Waals surface area contributed by atoms with Gasteiger partial charge >= 0.3 is 0 Å². The molecule has 2 rings (SSSR count). The lowest BCUT2D eigenvalue weighted by molar-refractivity contribution is 0.285. The molecule has 5 nitrogen and oxygen atoms in total. The second kappa shape index (κ2) is 5.05. The van der Waals surface area contributed by atoms with Crippen molar-refractivity contribution in [1.29, 1.82) is 0 Å². The molecule has 96 valence electrons. The molecule has 0 unspecified atom stereocenters. The predicted octanol–water partition coefficient (Wildman–Crippen LogP) is 1.74. The molecule has 0 aliphatic heterocycles. The number of anilines is 1. The average Bonchev–Trinajstić information content (AvgIpc) is 2.81. The first kappa shape index (κ1) is 13.0. The fourth-order valence-corrected chi connectivity index (χ4v) is 3.58. The third-order valence-electron chi connectivity index (χ3n) is 2.22. The molecule has 2 aromatic rings. The molecule has 2 aromatic heterocycles. The maximum absolute atomic E-state index is 12.0. The Labute approximate surface area is 109 Å². The zero-order valence-corrected chi connectivity index (χ0v) is 11.3. The van der Waals surface area contributed by atoms with E-state index in [1.807, 2.05) is 6.92 Å². The Morgan fingerprint density at radius 1 is 1.33 bits per heavy atom. The SMILES string of the molecule is Cc1ccc(NS(=O)(=O)c2ccc(CO)s2)cn1. The van der Waals surface area contributed by atoms with Gasteiger partial charge in [0.2, 0.25) is 0 Å². The minimum atomic E-state index is -3.60. The van der Waals surface area contributed by atoms with Gasteiger partial charge in [0.05, 0.1) is 18.5 Å². The Hall–Kier alpha value is -1.44. The number of aryl methyl sites for hydroxylation is 1. The van der Waals surface area contributed by atoms with Gasteiger partial charge in [-0.25, -0.2) is 8.42 Å². The normalized spacial score (nSPS) is 11.4. The maximum atomic E-state index is 12.0. The molecular weight excluding hydrogens is 272 g/mol. The van der Waals surface area contributed by atoms with Crippen LogP contribution in [0.4, 0.5) is 5.69 Å². The van der Waals surface area contributed by atoms with Crippen molar-refractivity contribution in [2.45, 2.75) is 17.7 Å². The van der Waals surface area contributed by atoms with Gasteiger partial charge in [0.15, 0.2) is 0 Å². The standard InChI is InChI=1S/C11H12N2O3S2/c1-8-2-3-9(6-12-8)13-18(15,16)11-5-4-10(7-14)17-11/h2-6,13-14H,7H2,1H3. The summed E-state index contributed by atoms with van der Waals surface area (Å²) in [5.41, 5.74) is 1.23. The number of pyridine rings is 1. The first-order chi connectivity index (χ1) is 8.51. The minimum Gasteiger partial charge on any atom is -0.391 e. The van der Waals surface area contributed by atoms with Gasteiger partial charge in [-0.2, -0.15) is 0 Å². The summed E-state index contributed by atoms with van der Waals surface area (Å²) in [6, 6.07) is 6.44. The maximum Gasteiger partial charge on any atom is 0.271 e. The number of rotatable bonds is 4. The van der Waals surface area contributed by atoms with Crippen molar-refractivity contribution >= 4 is 27.0 Å². The number of thiophene rings is 1. The van der Waals surface area contributed by atoms with Gasteiger partial charge in [-0.05, 0) is 31.2 Å². The summed E-state index contributed by atoms with van der Waals surface area (Å²) in [4.78, 5) is 4.62. The molecule has 0 fully saturated rings. The van der Waals surface area contributed by atoms with Crippen LogP contribution in [-0.2, 0) is 16.6 Å². The lowest BCUT2D eigenvalue weighted by Gasteiger charge is -2.05. The summed E-state index contributed by atoms with van der Waals surface area (Å²) in [5.74, 6) is 0. The van der Waals surface area contributed by atoms with Gasteiger partial charge in [-0.1, -0.05) is 0 Å². The Balaban J connectivity index is 2.24. The highest BCUT2D eigenvalue weighted by atomic mass is 32.2. The van der Waals surface area contributed by atoms with Crippen LogP contribution in [0.25, 0.3) is 0 Å². The molecule has 18 heavy (non-hydrogen) atoms. The Kier molecular flexibility index (Phi) is 3.65. The molecule has 0 radical (unpaired) electrons. The van der Waals surface area contributed by atoms with Crippen LogP contribution in [0.15, 0.2) is 34.7 Å². The summed E-state index contributed by atoms with van der Waals surface area (Å²) in [7, 11) is -3.60. The fourth-order valence-electron chi connectivity index (χ4n) is 1.32. The molecule has 2 heterocycles. The minimum absolute atomic E-state index is 0.160. The van der Waals surface area contributed by atoms with Crippen molar-refractivity contribution in [3.05, 3.63) is 41.0 Å². The number of hydrogen-bond donors (Lipinski definition) is 2. The van der Waals surface area contributed by atoms with Gasteiger partial charge in [-0.15, -0.1) is 11.3 Å². The third kappa shape index (κ3) is 2.87. The summed E-state index contributed by atoms with van der Waals surface area (Å²) in [6.07, 6.45) is 1.47. The lowest BCUT2D eigenvalue weighted by atomic mass is 10.4. The zero-order chi connectivity index (χ0) is 13.2. The molecule has 0 aliphatic rings. The van der Waals surface area contributed by atoms with E-state index in [0.29, 0.717) is 10.6 Å². The third-order valence-corrected chi connectivity index (χ3v) is 5.16. The van der Waals surface area contributed by atoms with E-state index in [0.717, 1.165) is 17.0 Å². The van der Waals surface area contributed by atoms with Crippen LogP contribution >= 0.6 is 11.3 Å². The largest absolute Gasteiger partial charge is 0.391 e. The van der Waals surface area contributed by atoms with E-state index in [-0.39, 0.29) is 10.8 Å². The molecule has 0 saturated heterocycles. The van der Waals surface area contributed by atoms with E-state index < -0.39 is 10.0 Å². The van der Waals surface area contributed by atoms with Crippen molar-refractivity contribution in [3.8, 4) is 0 Å². The van der Waals surface area contributed by atoms with Crippen LogP contribution in [-0.4, -0.2) is 18.5 Å². The topological polar surface area (TPSA) is 79.3 Å². The van der Waals surface area contributed by atoms with Crippen LogP contribution in [0.2, 0.25) is 0 Å². The number of aliphatic hydroxyl groups excluding tert-OH is 1. The Morgan fingerprint density at radius 2 is 2.11 bits per heavy atom. The number of hydrogen-bond acceptors (Lipinski definition) is 5. The molecule has 7 heteroatoms. The average molecular weight is 284 g/mol. The fraction of sp³-hybridized carbons (Fsp3) is 0.182. The summed E-state index contributed by atoms with van der Waals surface area (Å²) < 4.78 is 26.6. The van der Waals surface area contributed by atoms with E-state index in [2.05, 4.69) is 9.71 Å². The highest BCUT2D eigenvalue weighted by Crippen LogP contribution is 2.23. The molecule has 0 bridgehead atoms.